The highest BCUT2D eigenvalue weighted by molar-refractivity contribution is 9.10. The minimum Gasteiger partial charge on any atom is -0.393 e. The molecule has 1 N–H and O–H groups in total. The number of hydrogen-bond donors (Lipinski definition) is 1. The van der Waals surface area contributed by atoms with Crippen molar-refractivity contribution >= 4 is 15.9 Å². The van der Waals surface area contributed by atoms with Gasteiger partial charge in [0.2, 0.25) is 0 Å². The normalized spacial score (nSPS) is 23.7. The maximum absolute atomic E-state index is 13.7. The van der Waals surface area contributed by atoms with E-state index in [1.165, 1.54) is 6.07 Å². The zero-order valence-electron chi connectivity index (χ0n) is 8.31. The van der Waals surface area contributed by atoms with E-state index >= 15 is 0 Å². The van der Waals surface area contributed by atoms with Crippen LogP contribution < -0.4 is 0 Å². The third kappa shape index (κ3) is 2.11. The Hall–Kier alpha value is -0.550. The fourth-order valence-corrected chi connectivity index (χ4v) is 2.50. The molecular formula is C11H10BrF3O. The number of aliphatic hydroxyl groups is 1. The van der Waals surface area contributed by atoms with Crippen molar-refractivity contribution < 1.29 is 18.3 Å². The van der Waals surface area contributed by atoms with Crippen LogP contribution in [0.15, 0.2) is 16.6 Å². The molecule has 2 rings (SSSR count). The van der Waals surface area contributed by atoms with E-state index in [0.717, 1.165) is 6.07 Å². The summed E-state index contributed by atoms with van der Waals surface area (Å²) in [7, 11) is 0. The van der Waals surface area contributed by atoms with Crippen LogP contribution in [0.4, 0.5) is 13.2 Å². The summed E-state index contributed by atoms with van der Waals surface area (Å²) < 4.78 is 41.3. The van der Waals surface area contributed by atoms with Gasteiger partial charge in [-0.15, -0.1) is 0 Å². The summed E-state index contributed by atoms with van der Waals surface area (Å²) in [6, 6.07) is 2.48. The van der Waals surface area contributed by atoms with Crippen LogP contribution in [0.1, 0.15) is 24.0 Å². The molecule has 0 fully saturated rings. The number of aliphatic hydroxyl groups excluding tert-OH is 1. The summed E-state index contributed by atoms with van der Waals surface area (Å²) in [5.41, 5.74) is -0.380. The summed E-state index contributed by atoms with van der Waals surface area (Å²) in [6.45, 7) is 0. The molecule has 1 nitrogen and oxygen atoms in total. The molecule has 1 aliphatic carbocycles. The average Bonchev–Trinajstić information content (AvgIpc) is 2.22. The number of rotatable bonds is 0. The molecule has 1 aromatic rings. The minimum absolute atomic E-state index is 0.0151. The molecule has 0 heterocycles. The zero-order chi connectivity index (χ0) is 11.9. The van der Waals surface area contributed by atoms with Gasteiger partial charge < -0.3 is 5.11 Å². The Morgan fingerprint density at radius 1 is 1.38 bits per heavy atom. The number of halogens is 4. The van der Waals surface area contributed by atoms with Gasteiger partial charge in [-0.1, -0.05) is 15.9 Å². The maximum Gasteiger partial charge on any atom is 0.276 e. The van der Waals surface area contributed by atoms with Gasteiger partial charge in [-0.3, -0.25) is 0 Å². The van der Waals surface area contributed by atoms with Gasteiger partial charge in [0, 0.05) is 10.9 Å². The van der Waals surface area contributed by atoms with Crippen LogP contribution in [-0.2, 0) is 12.3 Å². The summed E-state index contributed by atoms with van der Waals surface area (Å²) in [5.74, 6) is -4.11. The summed E-state index contributed by atoms with van der Waals surface area (Å²) in [6.07, 6.45) is -1.29. The van der Waals surface area contributed by atoms with Gasteiger partial charge in [0.15, 0.2) is 0 Å². The van der Waals surface area contributed by atoms with Crippen LogP contribution in [0.2, 0.25) is 0 Å². The van der Waals surface area contributed by atoms with Crippen LogP contribution in [0.5, 0.6) is 0 Å². The van der Waals surface area contributed by atoms with Crippen molar-refractivity contribution in [3.63, 3.8) is 0 Å². The highest BCUT2D eigenvalue weighted by Gasteiger charge is 2.39. The van der Waals surface area contributed by atoms with Crippen LogP contribution >= 0.6 is 15.9 Å². The second-order valence-corrected chi connectivity index (χ2v) is 4.94. The molecule has 0 spiro atoms. The molecule has 1 atom stereocenters. The third-order valence-corrected chi connectivity index (χ3v) is 3.21. The van der Waals surface area contributed by atoms with E-state index in [1.54, 1.807) is 0 Å². The minimum atomic E-state index is -3.20. The lowest BCUT2D eigenvalue weighted by molar-refractivity contribution is -0.0238. The molecular weight excluding hydrogens is 285 g/mol. The lowest BCUT2D eigenvalue weighted by Gasteiger charge is -2.17. The van der Waals surface area contributed by atoms with E-state index in [4.69, 9.17) is 0 Å². The summed E-state index contributed by atoms with van der Waals surface area (Å²) in [5, 5.41) is 9.48. The highest BCUT2D eigenvalue weighted by atomic mass is 79.9. The largest absolute Gasteiger partial charge is 0.393 e. The smallest absolute Gasteiger partial charge is 0.276 e. The van der Waals surface area contributed by atoms with Crippen molar-refractivity contribution in [2.24, 2.45) is 0 Å². The maximum atomic E-state index is 13.7. The highest BCUT2D eigenvalue weighted by Crippen LogP contribution is 2.41. The number of fused-ring (bicyclic) bond motifs is 1. The van der Waals surface area contributed by atoms with Gasteiger partial charge in [-0.05, 0) is 30.5 Å². The van der Waals surface area contributed by atoms with Gasteiger partial charge >= 0.3 is 0 Å². The third-order valence-electron chi connectivity index (χ3n) is 2.75. The van der Waals surface area contributed by atoms with Gasteiger partial charge in [0.1, 0.15) is 5.82 Å². The first-order valence-electron chi connectivity index (χ1n) is 4.94. The molecule has 0 saturated carbocycles. The first-order chi connectivity index (χ1) is 7.40. The Labute approximate surface area is 99.4 Å². The van der Waals surface area contributed by atoms with E-state index in [0.29, 0.717) is 4.47 Å². The summed E-state index contributed by atoms with van der Waals surface area (Å²) in [4.78, 5) is 0. The Morgan fingerprint density at radius 3 is 2.75 bits per heavy atom. The van der Waals surface area contributed by atoms with Crippen molar-refractivity contribution in [3.8, 4) is 0 Å². The number of hydrogen-bond acceptors (Lipinski definition) is 1. The Bertz CT molecular complexity index is 420. The second-order valence-electron chi connectivity index (χ2n) is 4.02. The molecule has 1 unspecified atom stereocenters. The van der Waals surface area contributed by atoms with Gasteiger partial charge in [0.25, 0.3) is 5.92 Å². The molecule has 1 aromatic carbocycles. The molecule has 0 amide bonds. The van der Waals surface area contributed by atoms with E-state index in [-0.39, 0.29) is 18.4 Å². The van der Waals surface area contributed by atoms with Crippen LogP contribution in [-0.4, -0.2) is 11.2 Å². The molecule has 0 aliphatic heterocycles. The van der Waals surface area contributed by atoms with E-state index < -0.39 is 29.8 Å². The predicted octanol–water partition coefficient (Wildman–Crippen LogP) is 3.38. The molecule has 5 heteroatoms. The second kappa shape index (κ2) is 4.04. The monoisotopic (exact) mass is 294 g/mol. The predicted molar refractivity (Wildman–Crippen MR) is 56.9 cm³/mol. The van der Waals surface area contributed by atoms with E-state index in [1.807, 2.05) is 0 Å². The number of benzene rings is 1. The molecule has 16 heavy (non-hydrogen) atoms. The standard InChI is InChI=1S/C11H10BrF3O/c12-7-3-6-4-8(16)1-2-11(14,15)10(6)9(13)5-7/h3,5,8,16H,1-2,4H2. The Morgan fingerprint density at radius 2 is 2.06 bits per heavy atom. The van der Waals surface area contributed by atoms with E-state index in [9.17, 15) is 18.3 Å². The number of alkyl halides is 2. The molecule has 0 saturated heterocycles. The van der Waals surface area contributed by atoms with Gasteiger partial charge in [0.05, 0.1) is 11.7 Å². The molecule has 0 bridgehead atoms. The molecule has 0 aromatic heterocycles. The average molecular weight is 295 g/mol. The van der Waals surface area contributed by atoms with Crippen LogP contribution in [0, 0.1) is 5.82 Å². The van der Waals surface area contributed by atoms with Crippen LogP contribution in [0.3, 0.4) is 0 Å². The fraction of sp³-hybridized carbons (Fsp3) is 0.455. The molecule has 0 radical (unpaired) electrons. The lowest BCUT2D eigenvalue weighted by Crippen LogP contribution is -2.16. The summed E-state index contributed by atoms with van der Waals surface area (Å²) >= 11 is 3.06. The Kier molecular flexibility index (Phi) is 3.01. The zero-order valence-corrected chi connectivity index (χ0v) is 9.90. The van der Waals surface area contributed by atoms with Crippen LogP contribution in [0.25, 0.3) is 0 Å². The first kappa shape index (κ1) is 11.9. The van der Waals surface area contributed by atoms with Crippen molar-refractivity contribution in [1.82, 2.24) is 0 Å². The van der Waals surface area contributed by atoms with Gasteiger partial charge in [-0.2, -0.15) is 0 Å². The SMILES string of the molecule is OC1CCC(F)(F)c2c(F)cc(Br)cc2C1. The van der Waals surface area contributed by atoms with E-state index in [2.05, 4.69) is 15.9 Å². The first-order valence-corrected chi connectivity index (χ1v) is 5.74. The Balaban J connectivity index is 2.61. The molecule has 1 aliphatic rings. The van der Waals surface area contributed by atoms with Crippen molar-refractivity contribution in [1.29, 1.82) is 0 Å². The topological polar surface area (TPSA) is 20.2 Å². The lowest BCUT2D eigenvalue weighted by atomic mass is 9.99. The van der Waals surface area contributed by atoms with Crippen molar-refractivity contribution in [2.45, 2.75) is 31.3 Å². The quantitative estimate of drug-likeness (QED) is 0.728. The van der Waals surface area contributed by atoms with Crippen molar-refractivity contribution in [3.05, 3.63) is 33.5 Å². The molecule has 88 valence electrons. The van der Waals surface area contributed by atoms with Gasteiger partial charge in [-0.25, -0.2) is 13.2 Å². The van der Waals surface area contributed by atoms with Crippen molar-refractivity contribution in [2.75, 3.05) is 0 Å². The fourth-order valence-electron chi connectivity index (χ4n) is 2.03.